The molecule has 1 N–H and O–H groups in total. The number of rotatable bonds is 3. The number of aromatic nitrogens is 1. The number of para-hydroxylation sites is 1. The number of amides is 1. The number of carbonyl (C=O) groups excluding carboxylic acids is 1. The van der Waals surface area contributed by atoms with E-state index in [-0.39, 0.29) is 11.5 Å². The number of anilines is 1. The Kier molecular flexibility index (Phi) is 4.00. The molecule has 3 rings (SSSR count). The summed E-state index contributed by atoms with van der Waals surface area (Å²) in [4.78, 5) is 24.7. The molecule has 112 valence electrons. The Morgan fingerprint density at radius 1 is 1.18 bits per heavy atom. The van der Waals surface area contributed by atoms with E-state index in [9.17, 15) is 9.59 Å². The van der Waals surface area contributed by atoms with E-state index in [1.807, 2.05) is 18.2 Å². The fraction of sp³-hybridized carbons (Fsp3) is 0.125. The smallest absolute Gasteiger partial charge is 0.269 e. The second-order valence-electron chi connectivity index (χ2n) is 4.86. The van der Waals surface area contributed by atoms with Crippen molar-refractivity contribution in [2.75, 3.05) is 5.32 Å². The van der Waals surface area contributed by atoms with E-state index in [1.54, 1.807) is 37.3 Å². The summed E-state index contributed by atoms with van der Waals surface area (Å²) in [6, 6.07) is 13.7. The Bertz CT molecular complexity index is 900. The minimum Gasteiger partial charge on any atom is -0.323 e. The fourth-order valence-electron chi connectivity index (χ4n) is 2.15. The lowest BCUT2D eigenvalue weighted by Gasteiger charge is -2.13. The van der Waals surface area contributed by atoms with Gasteiger partial charge in [-0.05, 0) is 31.2 Å². The van der Waals surface area contributed by atoms with Gasteiger partial charge in [-0.15, -0.1) is 0 Å². The maximum Gasteiger partial charge on any atom is 0.269 e. The van der Waals surface area contributed by atoms with Gasteiger partial charge in [-0.3, -0.25) is 13.5 Å². The van der Waals surface area contributed by atoms with Crippen molar-refractivity contribution in [2.45, 2.75) is 13.0 Å². The van der Waals surface area contributed by atoms with E-state index in [0.29, 0.717) is 16.1 Å². The van der Waals surface area contributed by atoms with E-state index >= 15 is 0 Å². The second kappa shape index (κ2) is 5.94. The summed E-state index contributed by atoms with van der Waals surface area (Å²) in [5, 5.41) is 3.85. The summed E-state index contributed by atoms with van der Waals surface area (Å²) in [7, 11) is 0. The molecular weight excluding hydrogens is 320 g/mol. The monoisotopic (exact) mass is 332 g/mol. The number of benzene rings is 2. The molecule has 3 aromatic rings. The Balaban J connectivity index is 1.91. The first kappa shape index (κ1) is 14.8. The van der Waals surface area contributed by atoms with Crippen LogP contribution < -0.4 is 10.9 Å². The molecule has 4 nitrogen and oxygen atoms in total. The van der Waals surface area contributed by atoms with Gasteiger partial charge in [0.25, 0.3) is 5.56 Å². The summed E-state index contributed by atoms with van der Waals surface area (Å²) in [6.45, 7) is 1.70. The summed E-state index contributed by atoms with van der Waals surface area (Å²) < 4.78 is 2.35. The van der Waals surface area contributed by atoms with E-state index in [1.165, 1.54) is 15.5 Å². The number of carbonyl (C=O) groups is 1. The first-order valence-corrected chi connectivity index (χ1v) is 7.89. The van der Waals surface area contributed by atoms with Crippen LogP contribution in [0.1, 0.15) is 13.0 Å². The lowest BCUT2D eigenvalue weighted by atomic mass is 10.2. The minimum absolute atomic E-state index is 0.151. The first-order chi connectivity index (χ1) is 10.6. The molecule has 0 spiro atoms. The maximum atomic E-state index is 12.4. The quantitative estimate of drug-likeness (QED) is 0.790. The van der Waals surface area contributed by atoms with Crippen LogP contribution in [0.3, 0.4) is 0 Å². The molecule has 0 aliphatic carbocycles. The predicted molar refractivity (Wildman–Crippen MR) is 90.9 cm³/mol. The fourth-order valence-corrected chi connectivity index (χ4v) is 3.37. The highest BCUT2D eigenvalue weighted by atomic mass is 35.5. The molecule has 0 saturated heterocycles. The van der Waals surface area contributed by atoms with Gasteiger partial charge in [-0.2, -0.15) is 0 Å². The van der Waals surface area contributed by atoms with Gasteiger partial charge in [0.2, 0.25) is 5.91 Å². The van der Waals surface area contributed by atoms with E-state index in [4.69, 9.17) is 11.6 Å². The van der Waals surface area contributed by atoms with Crippen LogP contribution >= 0.6 is 23.1 Å². The summed E-state index contributed by atoms with van der Waals surface area (Å²) in [5.41, 5.74) is 0.387. The van der Waals surface area contributed by atoms with Crippen LogP contribution in [0.5, 0.6) is 0 Å². The van der Waals surface area contributed by atoms with E-state index in [2.05, 4.69) is 5.32 Å². The molecule has 1 heterocycles. The Hall–Kier alpha value is -2.11. The molecule has 6 heteroatoms. The van der Waals surface area contributed by atoms with E-state index < -0.39 is 6.04 Å². The van der Waals surface area contributed by atoms with Gasteiger partial charge in [-0.1, -0.05) is 47.4 Å². The van der Waals surface area contributed by atoms with Gasteiger partial charge in [-0.25, -0.2) is 0 Å². The van der Waals surface area contributed by atoms with Gasteiger partial charge in [0.05, 0.1) is 20.8 Å². The molecule has 1 amide bonds. The molecule has 1 aromatic heterocycles. The molecule has 1 atom stereocenters. The van der Waals surface area contributed by atoms with Gasteiger partial charge >= 0.3 is 0 Å². The van der Waals surface area contributed by atoms with Crippen molar-refractivity contribution in [1.82, 2.24) is 3.96 Å². The zero-order chi connectivity index (χ0) is 15.7. The summed E-state index contributed by atoms with van der Waals surface area (Å²) in [6.07, 6.45) is 0. The largest absolute Gasteiger partial charge is 0.323 e. The highest BCUT2D eigenvalue weighted by Gasteiger charge is 2.20. The van der Waals surface area contributed by atoms with Crippen LogP contribution in [0.4, 0.5) is 5.69 Å². The average Bonchev–Trinajstić information content (AvgIpc) is 2.86. The van der Waals surface area contributed by atoms with Crippen molar-refractivity contribution >= 4 is 44.8 Å². The Morgan fingerprint density at radius 2 is 1.86 bits per heavy atom. The number of nitrogens with zero attached hydrogens (tertiary/aromatic N) is 1. The number of halogens is 1. The topological polar surface area (TPSA) is 51.1 Å². The van der Waals surface area contributed by atoms with Gasteiger partial charge < -0.3 is 5.32 Å². The Morgan fingerprint density at radius 3 is 2.59 bits per heavy atom. The SMILES string of the molecule is CC(C(=O)Nc1ccccc1Cl)n1sc2ccccc2c1=O. The molecule has 22 heavy (non-hydrogen) atoms. The molecule has 0 aliphatic rings. The van der Waals surface area contributed by atoms with Gasteiger partial charge in [0, 0.05) is 0 Å². The molecular formula is C16H13ClN2O2S. The number of hydrogen-bond donors (Lipinski definition) is 1. The average molecular weight is 333 g/mol. The van der Waals surface area contributed by atoms with Crippen molar-refractivity contribution in [1.29, 1.82) is 0 Å². The van der Waals surface area contributed by atoms with Crippen LogP contribution in [0.2, 0.25) is 5.02 Å². The van der Waals surface area contributed by atoms with Gasteiger partial charge in [0.15, 0.2) is 0 Å². The zero-order valence-corrected chi connectivity index (χ0v) is 13.3. The van der Waals surface area contributed by atoms with Crippen molar-refractivity contribution in [3.05, 3.63) is 63.9 Å². The van der Waals surface area contributed by atoms with Crippen LogP contribution in [0, 0.1) is 0 Å². The number of nitrogens with one attached hydrogen (secondary N) is 1. The van der Waals surface area contributed by atoms with Crippen LogP contribution in [0.15, 0.2) is 53.3 Å². The van der Waals surface area contributed by atoms with Crippen molar-refractivity contribution in [2.24, 2.45) is 0 Å². The molecule has 0 aliphatic heterocycles. The third-order valence-corrected chi connectivity index (χ3v) is 4.94. The third kappa shape index (κ3) is 2.65. The summed E-state index contributed by atoms with van der Waals surface area (Å²) >= 11 is 7.32. The predicted octanol–water partition coefficient (Wildman–Crippen LogP) is 3.92. The molecule has 0 saturated carbocycles. The standard InChI is InChI=1S/C16H13ClN2O2S/c1-10(15(20)18-13-8-4-3-7-12(13)17)19-16(21)11-6-2-5-9-14(11)22-19/h2-10H,1H3,(H,18,20). The second-order valence-corrected chi connectivity index (χ2v) is 6.29. The van der Waals surface area contributed by atoms with Crippen molar-refractivity contribution in [3.63, 3.8) is 0 Å². The van der Waals surface area contributed by atoms with Crippen molar-refractivity contribution in [3.8, 4) is 0 Å². The lowest BCUT2D eigenvalue weighted by molar-refractivity contribution is -0.118. The highest BCUT2D eigenvalue weighted by molar-refractivity contribution is 7.14. The highest BCUT2D eigenvalue weighted by Crippen LogP contribution is 2.23. The first-order valence-electron chi connectivity index (χ1n) is 6.74. The van der Waals surface area contributed by atoms with Crippen molar-refractivity contribution < 1.29 is 4.79 Å². The van der Waals surface area contributed by atoms with Crippen LogP contribution in [-0.2, 0) is 4.79 Å². The Labute approximate surface area is 136 Å². The number of hydrogen-bond acceptors (Lipinski definition) is 3. The molecule has 2 aromatic carbocycles. The number of fused-ring (bicyclic) bond motifs is 1. The third-order valence-electron chi connectivity index (χ3n) is 3.38. The van der Waals surface area contributed by atoms with E-state index in [0.717, 1.165) is 4.70 Å². The lowest BCUT2D eigenvalue weighted by Crippen LogP contribution is -2.28. The van der Waals surface area contributed by atoms with Crippen LogP contribution in [-0.4, -0.2) is 9.86 Å². The molecule has 1 unspecified atom stereocenters. The normalized spacial score (nSPS) is 12.3. The van der Waals surface area contributed by atoms with Gasteiger partial charge in [0.1, 0.15) is 6.04 Å². The molecule has 0 radical (unpaired) electrons. The summed E-state index contributed by atoms with van der Waals surface area (Å²) in [5.74, 6) is -0.276. The maximum absolute atomic E-state index is 12.4. The van der Waals surface area contributed by atoms with Crippen LogP contribution in [0.25, 0.3) is 10.1 Å². The molecule has 0 fully saturated rings. The minimum atomic E-state index is -0.610. The molecule has 0 bridgehead atoms. The zero-order valence-electron chi connectivity index (χ0n) is 11.7.